The van der Waals surface area contributed by atoms with Crippen LogP contribution in [0, 0.1) is 0 Å². The molecular weight excluding hydrogens is 456 g/mol. The van der Waals surface area contributed by atoms with Gasteiger partial charge in [-0.05, 0) is 49.1 Å². The molecule has 1 saturated heterocycles. The van der Waals surface area contributed by atoms with Crippen LogP contribution in [-0.4, -0.2) is 37.1 Å². The molecule has 128 valence electrons. The number of carbonyl (C=O) groups is 1. The SMILES string of the molecule is O=C(NCc1ccccc1CN1CCOCC1)c1cc(Br)c(Br)s1. The van der Waals surface area contributed by atoms with Crippen molar-refractivity contribution in [1.82, 2.24) is 10.2 Å². The minimum Gasteiger partial charge on any atom is -0.379 e. The Bertz CT molecular complexity index is 695. The Morgan fingerprint density at radius 3 is 2.58 bits per heavy atom. The molecule has 1 aromatic carbocycles. The van der Waals surface area contributed by atoms with Gasteiger partial charge in [-0.2, -0.15) is 0 Å². The number of carbonyl (C=O) groups excluding carboxylic acids is 1. The molecule has 1 aliphatic heterocycles. The van der Waals surface area contributed by atoms with Crippen molar-refractivity contribution in [2.24, 2.45) is 0 Å². The highest BCUT2D eigenvalue weighted by molar-refractivity contribution is 9.13. The number of nitrogens with one attached hydrogen (secondary N) is 1. The summed E-state index contributed by atoms with van der Waals surface area (Å²) in [5, 5.41) is 3.02. The molecule has 1 fully saturated rings. The summed E-state index contributed by atoms with van der Waals surface area (Å²) in [6, 6.07) is 10.1. The summed E-state index contributed by atoms with van der Waals surface area (Å²) in [4.78, 5) is 15.4. The van der Waals surface area contributed by atoms with E-state index in [4.69, 9.17) is 4.74 Å². The lowest BCUT2D eigenvalue weighted by Gasteiger charge is -2.27. The van der Waals surface area contributed by atoms with E-state index in [9.17, 15) is 4.79 Å². The second-order valence-electron chi connectivity index (χ2n) is 5.57. The zero-order chi connectivity index (χ0) is 16.9. The lowest BCUT2D eigenvalue weighted by atomic mass is 10.1. The Labute approximate surface area is 162 Å². The van der Waals surface area contributed by atoms with Crippen molar-refractivity contribution < 1.29 is 9.53 Å². The van der Waals surface area contributed by atoms with E-state index in [1.165, 1.54) is 16.9 Å². The smallest absolute Gasteiger partial charge is 0.261 e. The van der Waals surface area contributed by atoms with E-state index in [1.54, 1.807) is 0 Å². The number of benzene rings is 1. The average Bonchev–Trinajstić information content (AvgIpc) is 2.94. The van der Waals surface area contributed by atoms with Gasteiger partial charge in [0.2, 0.25) is 0 Å². The van der Waals surface area contributed by atoms with Gasteiger partial charge in [-0.3, -0.25) is 9.69 Å². The van der Waals surface area contributed by atoms with Gasteiger partial charge in [-0.15, -0.1) is 11.3 Å². The topological polar surface area (TPSA) is 41.6 Å². The second kappa shape index (κ2) is 8.58. The number of rotatable bonds is 5. The third-order valence-electron chi connectivity index (χ3n) is 3.92. The van der Waals surface area contributed by atoms with Crippen LogP contribution in [0.3, 0.4) is 0 Å². The third kappa shape index (κ3) is 4.67. The molecule has 2 heterocycles. The minimum absolute atomic E-state index is 0.0485. The molecule has 0 atom stereocenters. The summed E-state index contributed by atoms with van der Waals surface area (Å²) in [5.41, 5.74) is 2.42. The second-order valence-corrected chi connectivity index (χ2v) is 8.80. The summed E-state index contributed by atoms with van der Waals surface area (Å²) in [6.07, 6.45) is 0. The van der Waals surface area contributed by atoms with Crippen LogP contribution in [0.25, 0.3) is 0 Å². The molecular formula is C17H18Br2N2O2S. The Morgan fingerprint density at radius 1 is 1.21 bits per heavy atom. The monoisotopic (exact) mass is 472 g/mol. The molecule has 1 amide bonds. The number of halogens is 2. The molecule has 2 aromatic rings. The summed E-state index contributed by atoms with van der Waals surface area (Å²) in [5.74, 6) is -0.0485. The highest BCUT2D eigenvalue weighted by Gasteiger charge is 2.14. The van der Waals surface area contributed by atoms with E-state index in [0.717, 1.165) is 46.7 Å². The molecule has 24 heavy (non-hydrogen) atoms. The molecule has 0 saturated carbocycles. The van der Waals surface area contributed by atoms with Gasteiger partial charge < -0.3 is 10.1 Å². The largest absolute Gasteiger partial charge is 0.379 e. The number of ether oxygens (including phenoxy) is 1. The van der Waals surface area contributed by atoms with Gasteiger partial charge in [0, 0.05) is 30.7 Å². The molecule has 1 N–H and O–H groups in total. The molecule has 0 unspecified atom stereocenters. The van der Waals surface area contributed by atoms with E-state index < -0.39 is 0 Å². The van der Waals surface area contributed by atoms with Crippen molar-refractivity contribution in [2.45, 2.75) is 13.1 Å². The van der Waals surface area contributed by atoms with E-state index in [2.05, 4.69) is 60.3 Å². The van der Waals surface area contributed by atoms with Gasteiger partial charge in [0.25, 0.3) is 5.91 Å². The maximum absolute atomic E-state index is 12.3. The summed E-state index contributed by atoms with van der Waals surface area (Å²) in [6.45, 7) is 4.93. The fourth-order valence-electron chi connectivity index (χ4n) is 2.61. The van der Waals surface area contributed by atoms with Crippen LogP contribution in [0.15, 0.2) is 38.6 Å². The molecule has 0 radical (unpaired) electrons. The van der Waals surface area contributed by atoms with Crippen molar-refractivity contribution in [1.29, 1.82) is 0 Å². The number of hydrogen-bond donors (Lipinski definition) is 1. The van der Waals surface area contributed by atoms with Gasteiger partial charge in [-0.1, -0.05) is 24.3 Å². The molecule has 0 aliphatic carbocycles. The van der Waals surface area contributed by atoms with Gasteiger partial charge in [0.15, 0.2) is 0 Å². The number of morpholine rings is 1. The Kier molecular flexibility index (Phi) is 6.46. The first-order valence-electron chi connectivity index (χ1n) is 7.73. The Balaban J connectivity index is 1.63. The van der Waals surface area contributed by atoms with E-state index >= 15 is 0 Å². The van der Waals surface area contributed by atoms with Crippen LogP contribution in [-0.2, 0) is 17.8 Å². The highest BCUT2D eigenvalue weighted by atomic mass is 79.9. The quantitative estimate of drug-likeness (QED) is 0.712. The number of amides is 1. The predicted octanol–water partition coefficient (Wildman–Crippen LogP) is 4.04. The zero-order valence-corrected chi connectivity index (χ0v) is 17.0. The normalized spacial score (nSPS) is 15.4. The van der Waals surface area contributed by atoms with Crippen molar-refractivity contribution in [3.63, 3.8) is 0 Å². The lowest BCUT2D eigenvalue weighted by molar-refractivity contribution is 0.0340. The van der Waals surface area contributed by atoms with Crippen LogP contribution >= 0.6 is 43.2 Å². The average molecular weight is 474 g/mol. The zero-order valence-electron chi connectivity index (χ0n) is 13.1. The van der Waals surface area contributed by atoms with Gasteiger partial charge >= 0.3 is 0 Å². The summed E-state index contributed by atoms with van der Waals surface area (Å²) >= 11 is 8.26. The van der Waals surface area contributed by atoms with Crippen LogP contribution in [0.2, 0.25) is 0 Å². The first-order chi connectivity index (χ1) is 11.6. The molecule has 1 aliphatic rings. The van der Waals surface area contributed by atoms with Gasteiger partial charge in [0.1, 0.15) is 0 Å². The first-order valence-corrected chi connectivity index (χ1v) is 10.1. The van der Waals surface area contributed by atoms with Crippen molar-refractivity contribution in [3.05, 3.63) is 54.6 Å². The van der Waals surface area contributed by atoms with Gasteiger partial charge in [0.05, 0.1) is 21.9 Å². The predicted molar refractivity (Wildman–Crippen MR) is 103 cm³/mol. The van der Waals surface area contributed by atoms with Crippen LogP contribution in [0.1, 0.15) is 20.8 Å². The Hall–Kier alpha value is -0.730. The van der Waals surface area contributed by atoms with Gasteiger partial charge in [-0.25, -0.2) is 0 Å². The molecule has 0 spiro atoms. The first kappa shape index (κ1) is 18.1. The Morgan fingerprint density at radius 2 is 1.92 bits per heavy atom. The van der Waals surface area contributed by atoms with E-state index in [-0.39, 0.29) is 5.91 Å². The maximum Gasteiger partial charge on any atom is 0.261 e. The molecule has 4 nitrogen and oxygen atoms in total. The molecule has 7 heteroatoms. The number of hydrogen-bond acceptors (Lipinski definition) is 4. The molecule has 1 aromatic heterocycles. The van der Waals surface area contributed by atoms with Crippen LogP contribution in [0.5, 0.6) is 0 Å². The van der Waals surface area contributed by atoms with E-state index in [0.29, 0.717) is 11.4 Å². The fourth-order valence-corrected chi connectivity index (χ4v) is 4.56. The summed E-state index contributed by atoms with van der Waals surface area (Å²) in [7, 11) is 0. The van der Waals surface area contributed by atoms with Crippen LogP contribution < -0.4 is 5.32 Å². The minimum atomic E-state index is -0.0485. The lowest BCUT2D eigenvalue weighted by Crippen LogP contribution is -2.36. The fraction of sp³-hybridized carbons (Fsp3) is 0.353. The molecule has 0 bridgehead atoms. The summed E-state index contributed by atoms with van der Waals surface area (Å²) < 4.78 is 7.24. The molecule has 3 rings (SSSR count). The number of thiophene rings is 1. The van der Waals surface area contributed by atoms with E-state index in [1.807, 2.05) is 12.1 Å². The van der Waals surface area contributed by atoms with Crippen molar-refractivity contribution >= 4 is 49.1 Å². The standard InChI is InChI=1S/C17H18Br2N2O2S/c18-14-9-15(24-16(14)19)17(22)20-10-12-3-1-2-4-13(12)11-21-5-7-23-8-6-21/h1-4,9H,5-8,10-11H2,(H,20,22). The number of nitrogens with zero attached hydrogens (tertiary/aromatic N) is 1. The highest BCUT2D eigenvalue weighted by Crippen LogP contribution is 2.32. The van der Waals surface area contributed by atoms with Crippen LogP contribution in [0.4, 0.5) is 0 Å². The maximum atomic E-state index is 12.3. The van der Waals surface area contributed by atoms with Crippen molar-refractivity contribution in [2.75, 3.05) is 26.3 Å². The van der Waals surface area contributed by atoms with Crippen molar-refractivity contribution in [3.8, 4) is 0 Å². The third-order valence-corrected chi connectivity index (χ3v) is 7.18.